The molecular formula is C12H15N5O3. The van der Waals surface area contributed by atoms with Crippen molar-refractivity contribution >= 4 is 23.1 Å². The summed E-state index contributed by atoms with van der Waals surface area (Å²) < 4.78 is 6.67. The summed E-state index contributed by atoms with van der Waals surface area (Å²) in [5, 5.41) is 0. The number of imidazole rings is 1. The van der Waals surface area contributed by atoms with Gasteiger partial charge in [0.05, 0.1) is 12.9 Å². The van der Waals surface area contributed by atoms with Crippen LogP contribution in [0.2, 0.25) is 0 Å². The van der Waals surface area contributed by atoms with E-state index in [4.69, 9.17) is 10.5 Å². The summed E-state index contributed by atoms with van der Waals surface area (Å²) in [5.74, 6) is -0.378. The smallest absolute Gasteiger partial charge is 0.333 e. The topological polar surface area (TPSA) is 116 Å². The van der Waals surface area contributed by atoms with Crippen LogP contribution in [0, 0.1) is 0 Å². The van der Waals surface area contributed by atoms with E-state index >= 15 is 0 Å². The van der Waals surface area contributed by atoms with Gasteiger partial charge < -0.3 is 15.0 Å². The molecule has 0 aliphatic rings. The van der Waals surface area contributed by atoms with Gasteiger partial charge in [-0.2, -0.15) is 4.98 Å². The van der Waals surface area contributed by atoms with E-state index in [-0.39, 0.29) is 23.6 Å². The predicted molar refractivity (Wildman–Crippen MR) is 73.0 cm³/mol. The number of rotatable bonds is 5. The van der Waals surface area contributed by atoms with Crippen molar-refractivity contribution in [2.45, 2.75) is 19.9 Å². The van der Waals surface area contributed by atoms with E-state index in [9.17, 15) is 9.59 Å². The van der Waals surface area contributed by atoms with Crippen LogP contribution in [0.1, 0.15) is 13.3 Å². The number of aryl methyl sites for hydroxylation is 1. The first-order valence-electron chi connectivity index (χ1n) is 6.02. The Morgan fingerprint density at radius 3 is 3.05 bits per heavy atom. The van der Waals surface area contributed by atoms with E-state index in [1.807, 2.05) is 0 Å². The molecule has 0 bridgehead atoms. The molecule has 2 rings (SSSR count). The van der Waals surface area contributed by atoms with Crippen molar-refractivity contribution < 1.29 is 9.53 Å². The van der Waals surface area contributed by atoms with Crippen LogP contribution in [0.4, 0.5) is 5.95 Å². The highest BCUT2D eigenvalue weighted by atomic mass is 16.5. The molecule has 2 heterocycles. The number of carbonyl (C=O) groups is 1. The molecule has 3 N–H and O–H groups in total. The average molecular weight is 277 g/mol. The second-order valence-corrected chi connectivity index (χ2v) is 4.33. The molecule has 0 radical (unpaired) electrons. The highest BCUT2D eigenvalue weighted by Gasteiger charge is 2.09. The fourth-order valence-corrected chi connectivity index (χ4v) is 1.66. The van der Waals surface area contributed by atoms with Gasteiger partial charge in [0.1, 0.15) is 0 Å². The van der Waals surface area contributed by atoms with E-state index < -0.39 is 5.97 Å². The molecule has 0 aliphatic heterocycles. The van der Waals surface area contributed by atoms with Crippen molar-refractivity contribution in [1.82, 2.24) is 19.5 Å². The lowest BCUT2D eigenvalue weighted by Gasteiger charge is -2.05. The Bertz CT molecular complexity index is 715. The molecule has 0 fully saturated rings. The van der Waals surface area contributed by atoms with Gasteiger partial charge in [0.25, 0.3) is 5.56 Å². The van der Waals surface area contributed by atoms with E-state index in [2.05, 4.69) is 21.5 Å². The molecule has 0 aliphatic carbocycles. The van der Waals surface area contributed by atoms with Gasteiger partial charge in [-0.15, -0.1) is 0 Å². The summed E-state index contributed by atoms with van der Waals surface area (Å²) in [6.07, 6.45) is 2.08. The first kappa shape index (κ1) is 13.8. The highest BCUT2D eigenvalue weighted by molar-refractivity contribution is 5.86. The molecule has 20 heavy (non-hydrogen) atoms. The second-order valence-electron chi connectivity index (χ2n) is 4.33. The number of aromatic amines is 1. The number of nitrogens with zero attached hydrogens (tertiary/aromatic N) is 3. The third-order valence-electron chi connectivity index (χ3n) is 2.62. The first-order valence-corrected chi connectivity index (χ1v) is 6.02. The molecule has 0 aromatic carbocycles. The minimum Gasteiger partial charge on any atom is -0.462 e. The number of esters is 1. The zero-order valence-corrected chi connectivity index (χ0v) is 11.0. The van der Waals surface area contributed by atoms with Crippen LogP contribution in [0.5, 0.6) is 0 Å². The maximum Gasteiger partial charge on any atom is 0.333 e. The molecule has 0 atom stereocenters. The predicted octanol–water partition coefficient (Wildman–Crippen LogP) is 0.211. The van der Waals surface area contributed by atoms with E-state index in [1.165, 1.54) is 6.33 Å². The van der Waals surface area contributed by atoms with Gasteiger partial charge in [0.2, 0.25) is 5.95 Å². The van der Waals surface area contributed by atoms with Crippen molar-refractivity contribution in [1.29, 1.82) is 0 Å². The number of nitrogens with two attached hydrogens (primary N) is 1. The van der Waals surface area contributed by atoms with Crippen molar-refractivity contribution in [3.05, 3.63) is 28.8 Å². The third kappa shape index (κ3) is 2.85. The third-order valence-corrected chi connectivity index (χ3v) is 2.62. The first-order chi connectivity index (χ1) is 9.49. The SMILES string of the molecule is C=C(C)C(=O)OCCCn1cnc2c(=O)[nH]c(N)nc21. The molecule has 0 spiro atoms. The number of nitrogen functional groups attached to an aromatic ring is 1. The summed E-state index contributed by atoms with van der Waals surface area (Å²) in [4.78, 5) is 33.2. The van der Waals surface area contributed by atoms with Gasteiger partial charge in [0, 0.05) is 12.1 Å². The summed E-state index contributed by atoms with van der Waals surface area (Å²) in [5.41, 5.74) is 6.13. The fraction of sp³-hybridized carbons (Fsp3) is 0.333. The van der Waals surface area contributed by atoms with Crippen LogP contribution >= 0.6 is 0 Å². The number of anilines is 1. The minimum atomic E-state index is -0.417. The van der Waals surface area contributed by atoms with Gasteiger partial charge in [-0.25, -0.2) is 9.78 Å². The highest BCUT2D eigenvalue weighted by Crippen LogP contribution is 2.07. The van der Waals surface area contributed by atoms with Crippen molar-refractivity contribution in [2.75, 3.05) is 12.3 Å². The normalized spacial score (nSPS) is 10.7. The molecule has 106 valence electrons. The summed E-state index contributed by atoms with van der Waals surface area (Å²) in [7, 11) is 0. The quantitative estimate of drug-likeness (QED) is 0.458. The standard InChI is InChI=1S/C12H15N5O3/c1-7(2)11(19)20-5-3-4-17-6-14-8-9(17)15-12(13)16-10(8)18/h6H,1,3-5H2,2H3,(H3,13,15,16,18). The van der Waals surface area contributed by atoms with Gasteiger partial charge in [0.15, 0.2) is 11.2 Å². The molecule has 0 amide bonds. The van der Waals surface area contributed by atoms with Gasteiger partial charge in [-0.3, -0.25) is 9.78 Å². The summed E-state index contributed by atoms with van der Waals surface area (Å²) in [6.45, 7) is 5.84. The maximum absolute atomic E-state index is 11.6. The Morgan fingerprint density at radius 1 is 1.60 bits per heavy atom. The number of aromatic nitrogens is 4. The number of fused-ring (bicyclic) bond motifs is 1. The second kappa shape index (κ2) is 5.55. The molecule has 2 aromatic rings. The largest absolute Gasteiger partial charge is 0.462 e. The number of ether oxygens (including phenoxy) is 1. The van der Waals surface area contributed by atoms with Crippen LogP contribution in [0.15, 0.2) is 23.3 Å². The Kier molecular flexibility index (Phi) is 3.83. The number of carbonyl (C=O) groups excluding carboxylic acids is 1. The molecular weight excluding hydrogens is 262 g/mol. The van der Waals surface area contributed by atoms with Crippen LogP contribution in [-0.4, -0.2) is 32.1 Å². The van der Waals surface area contributed by atoms with E-state index in [0.29, 0.717) is 24.2 Å². The molecule has 8 heteroatoms. The maximum atomic E-state index is 11.6. The zero-order valence-electron chi connectivity index (χ0n) is 11.0. The zero-order chi connectivity index (χ0) is 14.7. The monoisotopic (exact) mass is 277 g/mol. The number of hydrogen-bond acceptors (Lipinski definition) is 6. The molecule has 0 unspecified atom stereocenters. The molecule has 2 aromatic heterocycles. The van der Waals surface area contributed by atoms with E-state index in [0.717, 1.165) is 0 Å². The summed E-state index contributed by atoms with van der Waals surface area (Å²) in [6, 6.07) is 0. The Labute approximate surface area is 114 Å². The van der Waals surface area contributed by atoms with Crippen molar-refractivity contribution in [3.63, 3.8) is 0 Å². The summed E-state index contributed by atoms with van der Waals surface area (Å²) >= 11 is 0. The Balaban J connectivity index is 2.02. The number of nitrogens with one attached hydrogen (secondary N) is 1. The number of hydrogen-bond donors (Lipinski definition) is 2. The molecule has 0 saturated heterocycles. The van der Waals surface area contributed by atoms with Crippen molar-refractivity contribution in [3.8, 4) is 0 Å². The molecule has 8 nitrogen and oxygen atoms in total. The van der Waals surface area contributed by atoms with Gasteiger partial charge in [-0.05, 0) is 13.3 Å². The van der Waals surface area contributed by atoms with Gasteiger partial charge >= 0.3 is 5.97 Å². The lowest BCUT2D eigenvalue weighted by atomic mass is 10.3. The van der Waals surface area contributed by atoms with Crippen LogP contribution in [-0.2, 0) is 16.1 Å². The van der Waals surface area contributed by atoms with Crippen LogP contribution in [0.3, 0.4) is 0 Å². The lowest BCUT2D eigenvalue weighted by Crippen LogP contribution is -2.13. The fourth-order valence-electron chi connectivity index (χ4n) is 1.66. The van der Waals surface area contributed by atoms with Crippen molar-refractivity contribution in [2.24, 2.45) is 0 Å². The average Bonchev–Trinajstić information content (AvgIpc) is 2.77. The van der Waals surface area contributed by atoms with Crippen LogP contribution < -0.4 is 11.3 Å². The van der Waals surface area contributed by atoms with Crippen LogP contribution in [0.25, 0.3) is 11.2 Å². The number of H-pyrrole nitrogens is 1. The van der Waals surface area contributed by atoms with Gasteiger partial charge in [-0.1, -0.05) is 6.58 Å². The Hall–Kier alpha value is -2.64. The molecule has 0 saturated carbocycles. The van der Waals surface area contributed by atoms with E-state index in [1.54, 1.807) is 11.5 Å². The lowest BCUT2D eigenvalue weighted by molar-refractivity contribution is -0.139. The minimum absolute atomic E-state index is 0.0398. The Morgan fingerprint density at radius 2 is 2.35 bits per heavy atom.